The van der Waals surface area contributed by atoms with Gasteiger partial charge < -0.3 is 15.0 Å². The van der Waals surface area contributed by atoms with Crippen molar-refractivity contribution in [2.24, 2.45) is 0 Å². The molecule has 2 heterocycles. The number of nitrogens with one attached hydrogen (secondary N) is 1. The second kappa shape index (κ2) is 6.43. The second-order valence-electron chi connectivity index (χ2n) is 6.44. The van der Waals surface area contributed by atoms with Gasteiger partial charge >= 0.3 is 0 Å². The SMILES string of the molecule is CC(=O)N[C@@H]1CCCN2c3c(ccc(Cl)c3Cl)Oc3ccccc3[C@H]12. The maximum Gasteiger partial charge on any atom is 0.217 e. The molecule has 0 bridgehead atoms. The van der Waals surface area contributed by atoms with Gasteiger partial charge in [-0.25, -0.2) is 0 Å². The van der Waals surface area contributed by atoms with Crippen LogP contribution in [-0.4, -0.2) is 18.5 Å². The average molecular weight is 377 g/mol. The predicted molar refractivity (Wildman–Crippen MR) is 99.9 cm³/mol. The van der Waals surface area contributed by atoms with E-state index in [0.717, 1.165) is 36.4 Å². The normalized spacial score (nSPS) is 21.3. The molecular formula is C19H18Cl2N2O2. The van der Waals surface area contributed by atoms with Crippen LogP contribution < -0.4 is 15.0 Å². The third-order valence-electron chi connectivity index (χ3n) is 4.80. The first-order valence-electron chi connectivity index (χ1n) is 8.35. The zero-order valence-corrected chi connectivity index (χ0v) is 15.3. The average Bonchev–Trinajstić information content (AvgIpc) is 2.73. The molecule has 2 aliphatic heterocycles. The zero-order valence-electron chi connectivity index (χ0n) is 13.8. The summed E-state index contributed by atoms with van der Waals surface area (Å²) in [5.74, 6) is 1.44. The molecule has 0 saturated carbocycles. The first-order chi connectivity index (χ1) is 12.1. The van der Waals surface area contributed by atoms with Crippen LogP contribution in [0.3, 0.4) is 0 Å². The lowest BCUT2D eigenvalue weighted by Crippen LogP contribution is -2.49. The summed E-state index contributed by atoms with van der Waals surface area (Å²) >= 11 is 12.8. The summed E-state index contributed by atoms with van der Waals surface area (Å²) in [4.78, 5) is 14.0. The van der Waals surface area contributed by atoms with E-state index >= 15 is 0 Å². The van der Waals surface area contributed by atoms with Crippen LogP contribution in [0.15, 0.2) is 36.4 Å². The lowest BCUT2D eigenvalue weighted by molar-refractivity contribution is -0.119. The molecule has 0 radical (unpaired) electrons. The fourth-order valence-corrected chi connectivity index (χ4v) is 4.27. The number of rotatable bonds is 1. The summed E-state index contributed by atoms with van der Waals surface area (Å²) in [5, 5.41) is 4.08. The Morgan fingerprint density at radius 1 is 1.20 bits per heavy atom. The summed E-state index contributed by atoms with van der Waals surface area (Å²) in [5.41, 5.74) is 1.84. The predicted octanol–water partition coefficient (Wildman–Crippen LogP) is 4.95. The Labute approximate surface area is 156 Å². The number of nitrogens with zero attached hydrogens (tertiary/aromatic N) is 1. The molecule has 0 unspecified atom stereocenters. The number of ether oxygens (including phenoxy) is 1. The van der Waals surface area contributed by atoms with Crippen molar-refractivity contribution in [2.45, 2.75) is 31.8 Å². The molecule has 1 amide bonds. The third kappa shape index (κ3) is 2.83. The molecule has 1 saturated heterocycles. The standard InChI is InChI=1S/C19H18Cl2N2O2/c1-11(24)22-14-6-4-10-23-18(14)12-5-2-3-7-15(12)25-16-9-8-13(20)17(21)19(16)23/h2-3,5,7-9,14,18H,4,6,10H2,1H3,(H,22,24)/t14-,18-/m1/s1. The minimum atomic E-state index is -0.0499. The van der Waals surface area contributed by atoms with Crippen LogP contribution >= 0.6 is 23.2 Å². The molecule has 0 aliphatic carbocycles. The van der Waals surface area contributed by atoms with Gasteiger partial charge in [0, 0.05) is 19.0 Å². The molecule has 2 atom stereocenters. The van der Waals surface area contributed by atoms with Crippen LogP contribution in [-0.2, 0) is 4.79 Å². The van der Waals surface area contributed by atoms with Crippen LogP contribution in [0, 0.1) is 0 Å². The Bertz CT molecular complexity index is 840. The van der Waals surface area contributed by atoms with E-state index in [4.69, 9.17) is 27.9 Å². The van der Waals surface area contributed by atoms with Gasteiger partial charge in [0.05, 0.1) is 22.1 Å². The quantitative estimate of drug-likeness (QED) is 0.765. The number of hydrogen-bond acceptors (Lipinski definition) is 3. The van der Waals surface area contributed by atoms with E-state index < -0.39 is 0 Å². The number of amides is 1. The summed E-state index contributed by atoms with van der Waals surface area (Å²) in [7, 11) is 0. The summed E-state index contributed by atoms with van der Waals surface area (Å²) in [6.07, 6.45) is 1.86. The van der Waals surface area contributed by atoms with Crippen molar-refractivity contribution in [2.75, 3.05) is 11.4 Å². The molecule has 2 aromatic rings. The van der Waals surface area contributed by atoms with Gasteiger partial charge in [-0.15, -0.1) is 0 Å². The van der Waals surface area contributed by atoms with E-state index in [9.17, 15) is 4.79 Å². The number of para-hydroxylation sites is 1. The maximum absolute atomic E-state index is 11.7. The van der Waals surface area contributed by atoms with Crippen molar-refractivity contribution in [1.82, 2.24) is 5.32 Å². The molecule has 1 N–H and O–H groups in total. The molecule has 1 fully saturated rings. The molecule has 0 spiro atoms. The Morgan fingerprint density at radius 3 is 2.80 bits per heavy atom. The molecule has 6 heteroatoms. The number of anilines is 1. The number of piperidine rings is 1. The Hall–Kier alpha value is -1.91. The van der Waals surface area contributed by atoms with E-state index in [1.54, 1.807) is 13.0 Å². The van der Waals surface area contributed by atoms with Crippen LogP contribution in [0.5, 0.6) is 11.5 Å². The van der Waals surface area contributed by atoms with Crippen molar-refractivity contribution >= 4 is 34.8 Å². The van der Waals surface area contributed by atoms with Crippen molar-refractivity contribution < 1.29 is 9.53 Å². The molecule has 25 heavy (non-hydrogen) atoms. The van der Waals surface area contributed by atoms with Gasteiger partial charge in [0.25, 0.3) is 0 Å². The van der Waals surface area contributed by atoms with E-state index in [1.807, 2.05) is 24.3 Å². The lowest BCUT2D eigenvalue weighted by Gasteiger charge is -2.42. The number of carbonyl (C=O) groups excluding carboxylic acids is 1. The second-order valence-corrected chi connectivity index (χ2v) is 7.22. The van der Waals surface area contributed by atoms with Gasteiger partial charge in [-0.1, -0.05) is 41.4 Å². The number of fused-ring (bicyclic) bond motifs is 5. The third-order valence-corrected chi connectivity index (χ3v) is 5.59. The largest absolute Gasteiger partial charge is 0.455 e. The minimum Gasteiger partial charge on any atom is -0.455 e. The van der Waals surface area contributed by atoms with Crippen molar-refractivity contribution in [1.29, 1.82) is 0 Å². The fourth-order valence-electron chi connectivity index (χ4n) is 3.85. The van der Waals surface area contributed by atoms with Gasteiger partial charge in [-0.05, 0) is 31.0 Å². The first kappa shape index (κ1) is 16.6. The van der Waals surface area contributed by atoms with Crippen LogP contribution in [0.4, 0.5) is 5.69 Å². The fraction of sp³-hybridized carbons (Fsp3) is 0.316. The molecule has 2 aromatic carbocycles. The van der Waals surface area contributed by atoms with Crippen molar-refractivity contribution in [3.63, 3.8) is 0 Å². The van der Waals surface area contributed by atoms with Crippen LogP contribution in [0.25, 0.3) is 0 Å². The van der Waals surface area contributed by atoms with Crippen molar-refractivity contribution in [3.05, 3.63) is 52.0 Å². The Morgan fingerprint density at radius 2 is 2.00 bits per heavy atom. The van der Waals surface area contributed by atoms with Gasteiger partial charge in [0.2, 0.25) is 5.91 Å². The molecule has 4 rings (SSSR count). The molecule has 0 aromatic heterocycles. The van der Waals surface area contributed by atoms with Crippen molar-refractivity contribution in [3.8, 4) is 11.5 Å². The lowest BCUT2D eigenvalue weighted by atomic mass is 9.89. The molecule has 2 aliphatic rings. The monoisotopic (exact) mass is 376 g/mol. The molecular weight excluding hydrogens is 359 g/mol. The van der Waals surface area contributed by atoms with Crippen LogP contribution in [0.2, 0.25) is 10.0 Å². The summed E-state index contributed by atoms with van der Waals surface area (Å²) in [6, 6.07) is 11.5. The highest BCUT2D eigenvalue weighted by Crippen LogP contribution is 2.51. The Balaban J connectivity index is 1.92. The number of hydrogen-bond donors (Lipinski definition) is 1. The van der Waals surface area contributed by atoms with Gasteiger partial charge in [-0.2, -0.15) is 0 Å². The molecule has 4 nitrogen and oxygen atoms in total. The molecule has 130 valence electrons. The number of carbonyl (C=O) groups is 1. The van der Waals surface area contributed by atoms with Crippen LogP contribution in [0.1, 0.15) is 31.4 Å². The first-order valence-corrected chi connectivity index (χ1v) is 9.10. The van der Waals surface area contributed by atoms with Gasteiger partial charge in [-0.3, -0.25) is 4.79 Å². The maximum atomic E-state index is 11.7. The highest BCUT2D eigenvalue weighted by Gasteiger charge is 2.39. The van der Waals surface area contributed by atoms with Gasteiger partial charge in [0.1, 0.15) is 11.4 Å². The highest BCUT2D eigenvalue weighted by molar-refractivity contribution is 6.44. The smallest absolute Gasteiger partial charge is 0.217 e. The topological polar surface area (TPSA) is 41.6 Å². The zero-order chi connectivity index (χ0) is 17.6. The summed E-state index contributed by atoms with van der Waals surface area (Å²) < 4.78 is 6.19. The summed E-state index contributed by atoms with van der Waals surface area (Å²) in [6.45, 7) is 2.38. The van der Waals surface area contributed by atoms with Gasteiger partial charge in [0.15, 0.2) is 5.75 Å². The highest BCUT2D eigenvalue weighted by atomic mass is 35.5. The van der Waals surface area contributed by atoms with E-state index in [1.165, 1.54) is 0 Å². The van der Waals surface area contributed by atoms with E-state index in [2.05, 4.69) is 16.3 Å². The van der Waals surface area contributed by atoms with E-state index in [-0.39, 0.29) is 18.0 Å². The Kier molecular flexibility index (Phi) is 4.26. The number of benzene rings is 2. The van der Waals surface area contributed by atoms with E-state index in [0.29, 0.717) is 15.8 Å². The number of halogens is 2. The minimum absolute atomic E-state index is 0.0167.